The van der Waals surface area contributed by atoms with Gasteiger partial charge in [0.05, 0.1) is 6.61 Å². The lowest BCUT2D eigenvalue weighted by Crippen LogP contribution is -2.14. The molecule has 1 aromatic rings. The first-order valence-electron chi connectivity index (χ1n) is 6.33. The Hall–Kier alpha value is -1.51. The molecule has 100 valence electrons. The van der Waals surface area contributed by atoms with Gasteiger partial charge >= 0.3 is 0 Å². The molecular formula is C15H23NO2. The number of oxime groups is 1. The van der Waals surface area contributed by atoms with Crippen LogP contribution in [0.3, 0.4) is 0 Å². The third-order valence-corrected chi connectivity index (χ3v) is 2.97. The number of aryl methyl sites for hydroxylation is 2. The molecule has 18 heavy (non-hydrogen) atoms. The molecule has 0 unspecified atom stereocenters. The highest BCUT2D eigenvalue weighted by Crippen LogP contribution is 2.22. The van der Waals surface area contributed by atoms with Crippen LogP contribution >= 0.6 is 0 Å². The van der Waals surface area contributed by atoms with Crippen molar-refractivity contribution in [2.24, 2.45) is 10.6 Å². The molecule has 0 radical (unpaired) electrons. The minimum Gasteiger partial charge on any atom is -0.493 e. The van der Waals surface area contributed by atoms with Crippen molar-refractivity contribution in [1.29, 1.82) is 0 Å². The van der Waals surface area contributed by atoms with E-state index in [9.17, 15) is 0 Å². The third kappa shape index (κ3) is 4.78. The Morgan fingerprint density at radius 2 is 2.06 bits per heavy atom. The van der Waals surface area contributed by atoms with Gasteiger partial charge in [0.15, 0.2) is 0 Å². The summed E-state index contributed by atoms with van der Waals surface area (Å²) >= 11 is 0. The van der Waals surface area contributed by atoms with E-state index in [-0.39, 0.29) is 5.41 Å². The molecule has 0 atom stereocenters. The summed E-state index contributed by atoms with van der Waals surface area (Å²) in [6.45, 7) is 8.90. The lowest BCUT2D eigenvalue weighted by atomic mass is 9.90. The van der Waals surface area contributed by atoms with E-state index >= 15 is 0 Å². The first kappa shape index (κ1) is 14.6. The number of hydrogen-bond acceptors (Lipinski definition) is 3. The quantitative estimate of drug-likeness (QED) is 0.359. The average molecular weight is 249 g/mol. The van der Waals surface area contributed by atoms with Crippen LogP contribution in [-0.2, 0) is 0 Å². The topological polar surface area (TPSA) is 41.8 Å². The van der Waals surface area contributed by atoms with Gasteiger partial charge < -0.3 is 9.94 Å². The first-order valence-corrected chi connectivity index (χ1v) is 6.33. The van der Waals surface area contributed by atoms with Gasteiger partial charge in [-0.2, -0.15) is 0 Å². The number of hydrogen-bond donors (Lipinski definition) is 1. The van der Waals surface area contributed by atoms with Crippen LogP contribution in [-0.4, -0.2) is 18.0 Å². The Labute approximate surface area is 109 Å². The van der Waals surface area contributed by atoms with Crippen molar-refractivity contribution in [3.63, 3.8) is 0 Å². The van der Waals surface area contributed by atoms with Crippen molar-refractivity contribution in [3.8, 4) is 5.75 Å². The lowest BCUT2D eigenvalue weighted by molar-refractivity contribution is 0.280. The van der Waals surface area contributed by atoms with Crippen molar-refractivity contribution in [2.45, 2.75) is 40.5 Å². The zero-order valence-corrected chi connectivity index (χ0v) is 11.7. The van der Waals surface area contributed by atoms with Crippen LogP contribution in [0.2, 0.25) is 0 Å². The van der Waals surface area contributed by atoms with E-state index in [1.54, 1.807) is 6.21 Å². The van der Waals surface area contributed by atoms with Crippen molar-refractivity contribution in [2.75, 3.05) is 6.61 Å². The highest BCUT2D eigenvalue weighted by molar-refractivity contribution is 5.63. The van der Waals surface area contributed by atoms with Crippen molar-refractivity contribution in [3.05, 3.63) is 29.3 Å². The molecule has 1 N–H and O–H groups in total. The maximum Gasteiger partial charge on any atom is 0.122 e. The fourth-order valence-electron chi connectivity index (χ4n) is 1.79. The fraction of sp³-hybridized carbons (Fsp3) is 0.533. The number of nitrogens with zero attached hydrogens (tertiary/aromatic N) is 1. The second-order valence-electron chi connectivity index (χ2n) is 5.45. The molecule has 0 aromatic heterocycles. The zero-order chi connectivity index (χ0) is 13.6. The predicted octanol–water partition coefficient (Wildman–Crippen LogP) is 3.95. The minimum absolute atomic E-state index is 0.0836. The molecule has 3 nitrogen and oxygen atoms in total. The van der Waals surface area contributed by atoms with Gasteiger partial charge in [0.2, 0.25) is 0 Å². The molecule has 0 bridgehead atoms. The van der Waals surface area contributed by atoms with E-state index in [4.69, 9.17) is 9.94 Å². The molecule has 1 rings (SSSR count). The summed E-state index contributed by atoms with van der Waals surface area (Å²) in [4.78, 5) is 0. The Balaban J connectivity index is 2.40. The van der Waals surface area contributed by atoms with Crippen LogP contribution in [0.25, 0.3) is 0 Å². The summed E-state index contributed by atoms with van der Waals surface area (Å²) < 4.78 is 5.78. The monoisotopic (exact) mass is 249 g/mol. The Kier molecular flexibility index (Phi) is 5.20. The molecule has 0 fully saturated rings. The Bertz CT molecular complexity index is 411. The maximum atomic E-state index is 8.54. The third-order valence-electron chi connectivity index (χ3n) is 2.97. The lowest BCUT2D eigenvalue weighted by Gasteiger charge is -2.18. The highest BCUT2D eigenvalue weighted by Gasteiger charge is 2.14. The molecule has 0 saturated heterocycles. The SMILES string of the molecule is Cc1ccc(C)c(OCCCC(C)(C)/C=N/O)c1. The van der Waals surface area contributed by atoms with Crippen LogP contribution < -0.4 is 4.74 Å². The normalized spacial score (nSPS) is 12.0. The van der Waals surface area contributed by atoms with Gasteiger partial charge in [-0.05, 0) is 43.9 Å². The number of ether oxygens (including phenoxy) is 1. The zero-order valence-electron chi connectivity index (χ0n) is 11.7. The standard InChI is InChI=1S/C15H23NO2/c1-12-6-7-13(2)14(10-12)18-9-5-8-15(3,4)11-16-17/h6-7,10-11,17H,5,8-9H2,1-4H3/b16-11+. The van der Waals surface area contributed by atoms with Crippen LogP contribution in [0.1, 0.15) is 37.8 Å². The molecule has 0 amide bonds. The van der Waals surface area contributed by atoms with Crippen LogP contribution in [0.4, 0.5) is 0 Å². The molecule has 0 spiro atoms. The summed E-state index contributed by atoms with van der Waals surface area (Å²) in [5, 5.41) is 11.6. The van der Waals surface area contributed by atoms with Crippen molar-refractivity contribution >= 4 is 6.21 Å². The summed E-state index contributed by atoms with van der Waals surface area (Å²) in [6, 6.07) is 6.23. The molecule has 0 aliphatic carbocycles. The number of benzene rings is 1. The van der Waals surface area contributed by atoms with Gasteiger partial charge in [-0.3, -0.25) is 0 Å². The van der Waals surface area contributed by atoms with Crippen molar-refractivity contribution in [1.82, 2.24) is 0 Å². The van der Waals surface area contributed by atoms with Crippen LogP contribution in [0, 0.1) is 19.3 Å². The summed E-state index contributed by atoms with van der Waals surface area (Å²) in [5.74, 6) is 0.962. The van der Waals surface area contributed by atoms with Gasteiger partial charge in [0.1, 0.15) is 5.75 Å². The van der Waals surface area contributed by atoms with E-state index < -0.39 is 0 Å². The molecule has 0 aliphatic heterocycles. The van der Waals surface area contributed by atoms with Gasteiger partial charge in [0, 0.05) is 11.6 Å². The molecule has 1 aromatic carbocycles. The number of rotatable bonds is 6. The minimum atomic E-state index is -0.0836. The molecule has 0 saturated carbocycles. The van der Waals surface area contributed by atoms with E-state index in [0.29, 0.717) is 6.61 Å². The molecular weight excluding hydrogens is 226 g/mol. The van der Waals surface area contributed by atoms with Gasteiger partial charge in [-0.15, -0.1) is 5.16 Å². The van der Waals surface area contributed by atoms with Crippen LogP contribution in [0.15, 0.2) is 23.4 Å². The van der Waals surface area contributed by atoms with Gasteiger partial charge in [-0.1, -0.05) is 26.0 Å². The van der Waals surface area contributed by atoms with Gasteiger partial charge in [0.25, 0.3) is 0 Å². The largest absolute Gasteiger partial charge is 0.493 e. The maximum absolute atomic E-state index is 8.54. The smallest absolute Gasteiger partial charge is 0.122 e. The first-order chi connectivity index (χ1) is 8.44. The second kappa shape index (κ2) is 6.43. The summed E-state index contributed by atoms with van der Waals surface area (Å²) in [6.07, 6.45) is 3.44. The van der Waals surface area contributed by atoms with Gasteiger partial charge in [-0.25, -0.2) is 0 Å². The summed E-state index contributed by atoms with van der Waals surface area (Å²) in [5.41, 5.74) is 2.29. The van der Waals surface area contributed by atoms with E-state index in [1.165, 1.54) is 5.56 Å². The molecule has 0 heterocycles. The average Bonchev–Trinajstić information content (AvgIpc) is 2.29. The Morgan fingerprint density at radius 3 is 2.72 bits per heavy atom. The Morgan fingerprint density at radius 1 is 1.33 bits per heavy atom. The van der Waals surface area contributed by atoms with E-state index in [2.05, 4.69) is 37.2 Å². The van der Waals surface area contributed by atoms with E-state index in [1.807, 2.05) is 13.8 Å². The van der Waals surface area contributed by atoms with E-state index in [0.717, 1.165) is 24.2 Å². The highest BCUT2D eigenvalue weighted by atomic mass is 16.5. The fourth-order valence-corrected chi connectivity index (χ4v) is 1.79. The molecule has 3 heteroatoms. The predicted molar refractivity (Wildman–Crippen MR) is 74.7 cm³/mol. The summed E-state index contributed by atoms with van der Waals surface area (Å²) in [7, 11) is 0. The van der Waals surface area contributed by atoms with Crippen LogP contribution in [0.5, 0.6) is 5.75 Å². The van der Waals surface area contributed by atoms with Crippen molar-refractivity contribution < 1.29 is 9.94 Å². The molecule has 0 aliphatic rings. The second-order valence-corrected chi connectivity index (χ2v) is 5.45.